The number of nitrogens with one attached hydrogen (secondary N) is 2. The summed E-state index contributed by atoms with van der Waals surface area (Å²) >= 11 is 0. The number of carbonyl (C=O) groups excluding carboxylic acids is 3. The second-order valence-electron chi connectivity index (χ2n) is 8.12. The molecule has 1 aliphatic rings. The standard InChI is InChI=1S/C24H27N5O4/c1-16-13-17(2)29(27-16)20(21-9-6-12-33-21)15-25-23(31)24(32)26-18-7-5-8-19(14-18)28-11-4-3-10-22(28)30/h5-9,12-14,20H,3-4,10-11,15H2,1-2H3,(H,25,31)(H,26,32)/t20-/m1/s1. The highest BCUT2D eigenvalue weighted by Gasteiger charge is 2.23. The van der Waals surface area contributed by atoms with Gasteiger partial charge in [-0.3, -0.25) is 19.1 Å². The van der Waals surface area contributed by atoms with Crippen LogP contribution in [0.15, 0.2) is 53.1 Å². The van der Waals surface area contributed by atoms with Crippen molar-refractivity contribution in [2.24, 2.45) is 0 Å². The Hall–Kier alpha value is -3.88. The van der Waals surface area contributed by atoms with Crippen molar-refractivity contribution in [1.29, 1.82) is 0 Å². The number of nitrogens with zero attached hydrogens (tertiary/aromatic N) is 3. The molecular formula is C24H27N5O4. The Kier molecular flexibility index (Phi) is 6.58. The molecule has 0 radical (unpaired) electrons. The molecular weight excluding hydrogens is 422 g/mol. The Labute approximate surface area is 191 Å². The van der Waals surface area contributed by atoms with E-state index in [0.29, 0.717) is 30.1 Å². The molecule has 33 heavy (non-hydrogen) atoms. The SMILES string of the molecule is Cc1cc(C)n([C@H](CNC(=O)C(=O)Nc2cccc(N3CCCCC3=O)c2)c2ccco2)n1. The van der Waals surface area contributed by atoms with Crippen molar-refractivity contribution in [2.45, 2.75) is 39.2 Å². The number of amides is 3. The molecule has 3 aromatic rings. The molecule has 0 unspecified atom stereocenters. The van der Waals surface area contributed by atoms with Crippen molar-refractivity contribution in [3.8, 4) is 0 Å². The Balaban J connectivity index is 1.41. The molecule has 3 amide bonds. The smallest absolute Gasteiger partial charge is 0.313 e. The molecule has 9 heteroatoms. The van der Waals surface area contributed by atoms with E-state index in [-0.39, 0.29) is 18.5 Å². The van der Waals surface area contributed by atoms with Gasteiger partial charge >= 0.3 is 11.8 Å². The number of piperidine rings is 1. The summed E-state index contributed by atoms with van der Waals surface area (Å²) in [4.78, 5) is 38.9. The fourth-order valence-electron chi connectivity index (χ4n) is 4.04. The quantitative estimate of drug-likeness (QED) is 0.563. The van der Waals surface area contributed by atoms with Crippen LogP contribution < -0.4 is 15.5 Å². The van der Waals surface area contributed by atoms with Crippen LogP contribution >= 0.6 is 0 Å². The Bertz CT molecular complexity index is 1150. The van der Waals surface area contributed by atoms with Crippen molar-refractivity contribution < 1.29 is 18.8 Å². The topological polar surface area (TPSA) is 109 Å². The number of anilines is 2. The summed E-state index contributed by atoms with van der Waals surface area (Å²) in [6, 6.07) is 12.1. The number of rotatable bonds is 6. The molecule has 1 fully saturated rings. The zero-order chi connectivity index (χ0) is 23.4. The lowest BCUT2D eigenvalue weighted by Gasteiger charge is -2.27. The summed E-state index contributed by atoms with van der Waals surface area (Å²) in [5.41, 5.74) is 2.92. The van der Waals surface area contributed by atoms with Crippen LogP contribution in [0.5, 0.6) is 0 Å². The minimum Gasteiger partial charge on any atom is -0.467 e. The lowest BCUT2D eigenvalue weighted by atomic mass is 10.1. The van der Waals surface area contributed by atoms with Gasteiger partial charge in [0, 0.05) is 36.6 Å². The number of carbonyl (C=O) groups is 3. The fraction of sp³-hybridized carbons (Fsp3) is 0.333. The van der Waals surface area contributed by atoms with Crippen LogP contribution in [-0.4, -0.2) is 40.6 Å². The molecule has 1 aliphatic heterocycles. The third-order valence-corrected chi connectivity index (χ3v) is 5.61. The molecule has 0 spiro atoms. The monoisotopic (exact) mass is 449 g/mol. The Morgan fingerprint density at radius 2 is 1.97 bits per heavy atom. The first-order chi connectivity index (χ1) is 15.9. The van der Waals surface area contributed by atoms with E-state index in [2.05, 4.69) is 15.7 Å². The minimum atomic E-state index is -0.788. The second kappa shape index (κ2) is 9.72. The molecule has 0 saturated carbocycles. The van der Waals surface area contributed by atoms with Crippen LogP contribution in [0.3, 0.4) is 0 Å². The molecule has 1 saturated heterocycles. The van der Waals surface area contributed by atoms with Gasteiger partial charge in [0.05, 0.1) is 12.0 Å². The third-order valence-electron chi connectivity index (χ3n) is 5.61. The maximum absolute atomic E-state index is 12.5. The summed E-state index contributed by atoms with van der Waals surface area (Å²) in [6.07, 6.45) is 3.91. The van der Waals surface area contributed by atoms with Gasteiger partial charge in [0.25, 0.3) is 0 Å². The predicted molar refractivity (Wildman–Crippen MR) is 123 cm³/mol. The van der Waals surface area contributed by atoms with Crippen molar-refractivity contribution in [3.05, 3.63) is 65.9 Å². The Morgan fingerprint density at radius 3 is 2.67 bits per heavy atom. The lowest BCUT2D eigenvalue weighted by molar-refractivity contribution is -0.136. The highest BCUT2D eigenvalue weighted by atomic mass is 16.3. The van der Waals surface area contributed by atoms with E-state index >= 15 is 0 Å². The zero-order valence-electron chi connectivity index (χ0n) is 18.7. The Morgan fingerprint density at radius 1 is 1.12 bits per heavy atom. The van der Waals surface area contributed by atoms with E-state index in [9.17, 15) is 14.4 Å². The highest BCUT2D eigenvalue weighted by Crippen LogP contribution is 2.24. The number of furan rings is 1. The fourth-order valence-corrected chi connectivity index (χ4v) is 4.04. The second-order valence-corrected chi connectivity index (χ2v) is 8.12. The van der Waals surface area contributed by atoms with Crippen molar-refractivity contribution in [3.63, 3.8) is 0 Å². The normalized spacial score (nSPS) is 14.7. The molecule has 4 rings (SSSR count). The minimum absolute atomic E-state index is 0.0654. The molecule has 3 heterocycles. The number of hydrogen-bond acceptors (Lipinski definition) is 5. The summed E-state index contributed by atoms with van der Waals surface area (Å²) < 4.78 is 7.31. The predicted octanol–water partition coefficient (Wildman–Crippen LogP) is 2.95. The average Bonchev–Trinajstić information content (AvgIpc) is 3.44. The summed E-state index contributed by atoms with van der Waals surface area (Å²) in [6.45, 7) is 4.59. The van der Waals surface area contributed by atoms with Crippen LogP contribution in [0.1, 0.15) is 42.5 Å². The summed E-state index contributed by atoms with van der Waals surface area (Å²) in [7, 11) is 0. The first-order valence-corrected chi connectivity index (χ1v) is 11.0. The van der Waals surface area contributed by atoms with Gasteiger partial charge in [-0.25, -0.2) is 0 Å². The average molecular weight is 450 g/mol. The van der Waals surface area contributed by atoms with Crippen molar-refractivity contribution >= 4 is 29.1 Å². The first-order valence-electron chi connectivity index (χ1n) is 11.0. The van der Waals surface area contributed by atoms with Gasteiger partial charge < -0.3 is 20.0 Å². The van der Waals surface area contributed by atoms with E-state index in [4.69, 9.17) is 4.42 Å². The lowest BCUT2D eigenvalue weighted by Crippen LogP contribution is -2.39. The molecule has 0 aliphatic carbocycles. The van der Waals surface area contributed by atoms with Gasteiger partial charge in [0.2, 0.25) is 5.91 Å². The van der Waals surface area contributed by atoms with Crippen LogP contribution in [0, 0.1) is 13.8 Å². The van der Waals surface area contributed by atoms with Gasteiger partial charge in [-0.15, -0.1) is 0 Å². The van der Waals surface area contributed by atoms with Gasteiger partial charge in [-0.1, -0.05) is 6.07 Å². The molecule has 2 N–H and O–H groups in total. The van der Waals surface area contributed by atoms with E-state index in [1.54, 1.807) is 46.2 Å². The van der Waals surface area contributed by atoms with Crippen molar-refractivity contribution in [1.82, 2.24) is 15.1 Å². The maximum atomic E-state index is 12.5. The third kappa shape index (κ3) is 5.14. The molecule has 172 valence electrons. The maximum Gasteiger partial charge on any atom is 0.313 e. The number of benzene rings is 1. The molecule has 0 bridgehead atoms. The van der Waals surface area contributed by atoms with Gasteiger partial charge in [0.1, 0.15) is 11.8 Å². The van der Waals surface area contributed by atoms with Gasteiger partial charge in [-0.05, 0) is 63.1 Å². The van der Waals surface area contributed by atoms with E-state index < -0.39 is 11.8 Å². The highest BCUT2D eigenvalue weighted by molar-refractivity contribution is 6.39. The van der Waals surface area contributed by atoms with E-state index in [1.807, 2.05) is 26.0 Å². The van der Waals surface area contributed by atoms with E-state index in [1.165, 1.54) is 0 Å². The molecule has 9 nitrogen and oxygen atoms in total. The summed E-state index contributed by atoms with van der Waals surface area (Å²) in [5, 5.41) is 9.78. The van der Waals surface area contributed by atoms with Crippen LogP contribution in [0.4, 0.5) is 11.4 Å². The largest absolute Gasteiger partial charge is 0.467 e. The van der Waals surface area contributed by atoms with Crippen LogP contribution in [0.2, 0.25) is 0 Å². The molecule has 1 aromatic carbocycles. The zero-order valence-corrected chi connectivity index (χ0v) is 18.7. The number of hydrogen-bond donors (Lipinski definition) is 2. The molecule has 2 aromatic heterocycles. The first kappa shape index (κ1) is 22.3. The van der Waals surface area contributed by atoms with Gasteiger partial charge in [-0.2, -0.15) is 5.10 Å². The van der Waals surface area contributed by atoms with Crippen molar-refractivity contribution in [2.75, 3.05) is 23.3 Å². The number of aromatic nitrogens is 2. The van der Waals surface area contributed by atoms with E-state index in [0.717, 1.165) is 24.2 Å². The van der Waals surface area contributed by atoms with Crippen LogP contribution in [-0.2, 0) is 14.4 Å². The number of aryl methyl sites for hydroxylation is 2. The van der Waals surface area contributed by atoms with Gasteiger partial charge in [0.15, 0.2) is 0 Å². The summed E-state index contributed by atoms with van der Waals surface area (Å²) in [5.74, 6) is -0.868. The molecule has 1 atom stereocenters. The van der Waals surface area contributed by atoms with Crippen LogP contribution in [0.25, 0.3) is 0 Å².